The lowest BCUT2D eigenvalue weighted by Crippen LogP contribution is -2.44. The Kier molecular flexibility index (Phi) is 4.95. The molecule has 23 heavy (non-hydrogen) atoms. The van der Waals surface area contributed by atoms with Gasteiger partial charge in [0.1, 0.15) is 5.75 Å². The van der Waals surface area contributed by atoms with Gasteiger partial charge in [0.25, 0.3) is 0 Å². The van der Waals surface area contributed by atoms with Crippen LogP contribution in [0.1, 0.15) is 18.4 Å². The van der Waals surface area contributed by atoms with Gasteiger partial charge in [-0.2, -0.15) is 5.10 Å². The van der Waals surface area contributed by atoms with Crippen molar-refractivity contribution >= 4 is 0 Å². The summed E-state index contributed by atoms with van der Waals surface area (Å²) >= 11 is 0. The Hall–Kier alpha value is -1.89. The molecule has 0 aliphatic carbocycles. The summed E-state index contributed by atoms with van der Waals surface area (Å²) in [4.78, 5) is 0. The number of methoxy groups -OCH3 is 1. The molecule has 0 atom stereocenters. The van der Waals surface area contributed by atoms with Crippen molar-refractivity contribution < 1.29 is 14.6 Å². The van der Waals surface area contributed by atoms with Gasteiger partial charge in [-0.25, -0.2) is 0 Å². The molecule has 0 amide bonds. The van der Waals surface area contributed by atoms with Gasteiger partial charge in [-0.3, -0.25) is 5.10 Å². The van der Waals surface area contributed by atoms with E-state index in [0.717, 1.165) is 22.6 Å². The molecule has 0 unspecified atom stereocenters. The van der Waals surface area contributed by atoms with Crippen LogP contribution in [0.5, 0.6) is 5.75 Å². The average Bonchev–Trinajstić information content (AvgIpc) is 3.04. The Morgan fingerprint density at radius 3 is 2.74 bits per heavy atom. The quantitative estimate of drug-likeness (QED) is 0.756. The molecule has 1 aromatic carbocycles. The normalized spacial score (nSPS) is 17.1. The number of hydrogen-bond acceptors (Lipinski definition) is 5. The molecule has 0 saturated carbocycles. The van der Waals surface area contributed by atoms with E-state index in [4.69, 9.17) is 9.47 Å². The molecule has 2 aromatic rings. The predicted molar refractivity (Wildman–Crippen MR) is 87.3 cm³/mol. The number of benzene rings is 1. The van der Waals surface area contributed by atoms with Crippen molar-refractivity contribution in [2.24, 2.45) is 0 Å². The minimum absolute atomic E-state index is 0.559. The molecule has 1 aromatic heterocycles. The molecule has 0 radical (unpaired) electrons. The van der Waals surface area contributed by atoms with E-state index < -0.39 is 5.60 Å². The van der Waals surface area contributed by atoms with E-state index in [9.17, 15) is 5.11 Å². The molecule has 1 saturated heterocycles. The first-order valence-corrected chi connectivity index (χ1v) is 7.88. The monoisotopic (exact) mass is 317 g/mol. The fourth-order valence-corrected chi connectivity index (χ4v) is 2.81. The highest BCUT2D eigenvalue weighted by Gasteiger charge is 2.29. The fraction of sp³-hybridized carbons (Fsp3) is 0.471. The Labute approximate surface area is 135 Å². The molecule has 6 heteroatoms. The van der Waals surface area contributed by atoms with Gasteiger partial charge in [-0.05, 0) is 24.3 Å². The van der Waals surface area contributed by atoms with E-state index in [1.54, 1.807) is 7.11 Å². The zero-order valence-electron chi connectivity index (χ0n) is 13.3. The van der Waals surface area contributed by atoms with Gasteiger partial charge >= 0.3 is 0 Å². The lowest BCUT2D eigenvalue weighted by atomic mass is 9.94. The van der Waals surface area contributed by atoms with Crippen LogP contribution < -0.4 is 10.1 Å². The zero-order valence-corrected chi connectivity index (χ0v) is 13.3. The van der Waals surface area contributed by atoms with Crippen LogP contribution >= 0.6 is 0 Å². The van der Waals surface area contributed by atoms with Crippen molar-refractivity contribution in [1.82, 2.24) is 15.5 Å². The van der Waals surface area contributed by atoms with E-state index in [-0.39, 0.29) is 0 Å². The van der Waals surface area contributed by atoms with Crippen molar-refractivity contribution in [2.75, 3.05) is 26.9 Å². The Morgan fingerprint density at radius 2 is 2.04 bits per heavy atom. The lowest BCUT2D eigenvalue weighted by Gasteiger charge is -2.32. The van der Waals surface area contributed by atoms with Crippen LogP contribution in [-0.2, 0) is 11.3 Å². The summed E-state index contributed by atoms with van der Waals surface area (Å²) < 4.78 is 10.5. The maximum absolute atomic E-state index is 10.5. The van der Waals surface area contributed by atoms with Gasteiger partial charge in [-0.15, -0.1) is 0 Å². The maximum Gasteiger partial charge on any atom is 0.118 e. The van der Waals surface area contributed by atoms with Crippen molar-refractivity contribution in [1.29, 1.82) is 0 Å². The standard InChI is InChI=1S/C17H23N3O3/c1-22-15-4-2-13(3-5-15)16-14(11-19-20-16)10-18-12-17(21)6-8-23-9-7-17/h2-5,11,18,21H,6-10,12H2,1H3,(H,19,20). The topological polar surface area (TPSA) is 79.4 Å². The summed E-state index contributed by atoms with van der Waals surface area (Å²) in [5.41, 5.74) is 2.46. The van der Waals surface area contributed by atoms with Gasteiger partial charge in [0.05, 0.1) is 24.6 Å². The summed E-state index contributed by atoms with van der Waals surface area (Å²) in [5.74, 6) is 0.828. The highest BCUT2D eigenvalue weighted by Crippen LogP contribution is 2.24. The van der Waals surface area contributed by atoms with E-state index in [1.807, 2.05) is 30.5 Å². The van der Waals surface area contributed by atoms with Crippen LogP contribution in [-0.4, -0.2) is 47.8 Å². The number of nitrogens with zero attached hydrogens (tertiary/aromatic N) is 1. The minimum Gasteiger partial charge on any atom is -0.497 e. The molecule has 0 bridgehead atoms. The van der Waals surface area contributed by atoms with Gasteiger partial charge in [-0.1, -0.05) is 0 Å². The maximum atomic E-state index is 10.5. The van der Waals surface area contributed by atoms with Crippen molar-refractivity contribution in [2.45, 2.75) is 25.0 Å². The molecule has 3 N–H and O–H groups in total. The first kappa shape index (κ1) is 16.0. The summed E-state index contributed by atoms with van der Waals surface area (Å²) in [7, 11) is 1.65. The van der Waals surface area contributed by atoms with Gasteiger partial charge in [0.2, 0.25) is 0 Å². The lowest BCUT2D eigenvalue weighted by molar-refractivity contribution is -0.0616. The second-order valence-corrected chi connectivity index (χ2v) is 5.94. The second kappa shape index (κ2) is 7.12. The highest BCUT2D eigenvalue weighted by molar-refractivity contribution is 5.63. The van der Waals surface area contributed by atoms with Crippen LogP contribution in [0.15, 0.2) is 30.5 Å². The van der Waals surface area contributed by atoms with Crippen molar-refractivity contribution in [3.8, 4) is 17.0 Å². The molecule has 0 spiro atoms. The zero-order chi connectivity index (χ0) is 16.1. The Balaban J connectivity index is 1.61. The predicted octanol–water partition coefficient (Wildman–Crippen LogP) is 1.72. The summed E-state index contributed by atoms with van der Waals surface area (Å²) in [6.07, 6.45) is 3.17. The summed E-state index contributed by atoms with van der Waals surface area (Å²) in [5, 5.41) is 21.0. The van der Waals surface area contributed by atoms with Crippen LogP contribution in [0.2, 0.25) is 0 Å². The summed E-state index contributed by atoms with van der Waals surface area (Å²) in [6, 6.07) is 7.86. The van der Waals surface area contributed by atoms with E-state index in [0.29, 0.717) is 39.1 Å². The van der Waals surface area contributed by atoms with E-state index in [2.05, 4.69) is 15.5 Å². The summed E-state index contributed by atoms with van der Waals surface area (Å²) in [6.45, 7) is 2.46. The molecule has 124 valence electrons. The molecule has 3 rings (SSSR count). The van der Waals surface area contributed by atoms with Gasteiger partial charge in [0, 0.05) is 50.3 Å². The van der Waals surface area contributed by atoms with Crippen molar-refractivity contribution in [3.63, 3.8) is 0 Å². The van der Waals surface area contributed by atoms with Crippen LogP contribution in [0.3, 0.4) is 0 Å². The molecular formula is C17H23N3O3. The molecule has 6 nitrogen and oxygen atoms in total. The molecule has 1 aliphatic rings. The third kappa shape index (κ3) is 3.90. The van der Waals surface area contributed by atoms with Crippen LogP contribution in [0, 0.1) is 0 Å². The largest absolute Gasteiger partial charge is 0.497 e. The second-order valence-electron chi connectivity index (χ2n) is 5.94. The van der Waals surface area contributed by atoms with Gasteiger partial charge in [0.15, 0.2) is 0 Å². The number of aliphatic hydroxyl groups is 1. The first-order valence-electron chi connectivity index (χ1n) is 7.88. The van der Waals surface area contributed by atoms with Gasteiger partial charge < -0.3 is 19.9 Å². The number of nitrogens with one attached hydrogen (secondary N) is 2. The molecular weight excluding hydrogens is 294 g/mol. The van der Waals surface area contributed by atoms with Crippen LogP contribution in [0.4, 0.5) is 0 Å². The molecule has 1 fully saturated rings. The van der Waals surface area contributed by atoms with Crippen molar-refractivity contribution in [3.05, 3.63) is 36.0 Å². The minimum atomic E-state index is -0.664. The smallest absolute Gasteiger partial charge is 0.118 e. The number of aromatic amines is 1. The molecule has 2 heterocycles. The Morgan fingerprint density at radius 1 is 1.30 bits per heavy atom. The Bertz CT molecular complexity index is 618. The third-order valence-electron chi connectivity index (χ3n) is 4.29. The average molecular weight is 317 g/mol. The number of H-pyrrole nitrogens is 1. The number of hydrogen-bond donors (Lipinski definition) is 3. The first-order chi connectivity index (χ1) is 11.2. The molecule has 1 aliphatic heterocycles. The van der Waals surface area contributed by atoms with E-state index in [1.165, 1.54) is 0 Å². The van der Waals surface area contributed by atoms with Crippen LogP contribution in [0.25, 0.3) is 11.3 Å². The third-order valence-corrected chi connectivity index (χ3v) is 4.29. The fourth-order valence-electron chi connectivity index (χ4n) is 2.81. The van der Waals surface area contributed by atoms with E-state index >= 15 is 0 Å². The number of ether oxygens (including phenoxy) is 2. The highest BCUT2D eigenvalue weighted by atomic mass is 16.5. The number of rotatable bonds is 6. The SMILES string of the molecule is COc1ccc(-c2[nH]ncc2CNCC2(O)CCOCC2)cc1. The number of aromatic nitrogens is 2.